The van der Waals surface area contributed by atoms with Crippen LogP contribution in [0.15, 0.2) is 42.5 Å². The molecule has 0 radical (unpaired) electrons. The number of unbranched alkanes of at least 4 members (excludes halogenated alkanes) is 1. The Morgan fingerprint density at radius 1 is 1.14 bits per heavy atom. The zero-order chi connectivity index (χ0) is 15.9. The lowest BCUT2D eigenvalue weighted by Gasteiger charge is -2.12. The number of methoxy groups -OCH3 is 1. The Kier molecular flexibility index (Phi) is 5.59. The summed E-state index contributed by atoms with van der Waals surface area (Å²) in [5.74, 6) is -0.471. The number of carbonyl (C=O) groups excluding carboxylic acids is 1. The molecule has 0 amide bonds. The minimum absolute atomic E-state index is 0.0240. The van der Waals surface area contributed by atoms with Crippen molar-refractivity contribution in [2.24, 2.45) is 0 Å². The number of benzene rings is 2. The molecule has 0 spiro atoms. The molecule has 0 heterocycles. The van der Waals surface area contributed by atoms with Gasteiger partial charge in [-0.3, -0.25) is 0 Å². The Morgan fingerprint density at radius 2 is 1.86 bits per heavy atom. The fraction of sp³-hybridized carbons (Fsp3) is 0.316. The van der Waals surface area contributed by atoms with Crippen molar-refractivity contribution >= 4 is 5.97 Å². The fourth-order valence-electron chi connectivity index (χ4n) is 2.50. The monoisotopic (exact) mass is 298 g/mol. The first kappa shape index (κ1) is 16.1. The molecular weight excluding hydrogens is 276 g/mol. The molecule has 3 nitrogen and oxygen atoms in total. The zero-order valence-electron chi connectivity index (χ0n) is 13.1. The molecule has 3 heteroatoms. The van der Waals surface area contributed by atoms with Crippen molar-refractivity contribution in [2.75, 3.05) is 7.11 Å². The molecule has 116 valence electrons. The number of aryl methyl sites for hydroxylation is 1. The van der Waals surface area contributed by atoms with E-state index in [-0.39, 0.29) is 11.3 Å². The maximum atomic E-state index is 11.9. The number of hydrogen-bond donors (Lipinski definition) is 1. The number of hydrogen-bond acceptors (Lipinski definition) is 3. The second-order valence-corrected chi connectivity index (χ2v) is 5.41. The number of aromatic hydroxyl groups is 1. The number of ether oxygens (including phenoxy) is 1. The lowest BCUT2D eigenvalue weighted by atomic mass is 9.96. The van der Waals surface area contributed by atoms with E-state index in [2.05, 4.69) is 6.92 Å². The van der Waals surface area contributed by atoms with E-state index in [9.17, 15) is 9.90 Å². The minimum Gasteiger partial charge on any atom is -0.507 e. The van der Waals surface area contributed by atoms with Crippen LogP contribution in [0.4, 0.5) is 0 Å². The van der Waals surface area contributed by atoms with Crippen LogP contribution in [0, 0.1) is 0 Å². The van der Waals surface area contributed by atoms with E-state index in [0.717, 1.165) is 36.0 Å². The van der Waals surface area contributed by atoms with E-state index in [0.29, 0.717) is 6.42 Å². The SMILES string of the molecule is CCCCc1cc(Cc2ccccc2)c(O)c(C(=O)OC)c1. The third-order valence-electron chi connectivity index (χ3n) is 3.71. The van der Waals surface area contributed by atoms with Crippen LogP contribution in [-0.4, -0.2) is 18.2 Å². The molecule has 0 atom stereocenters. The van der Waals surface area contributed by atoms with Gasteiger partial charge in [0.15, 0.2) is 0 Å². The van der Waals surface area contributed by atoms with Gasteiger partial charge in [-0.05, 0) is 35.6 Å². The molecule has 0 saturated heterocycles. The van der Waals surface area contributed by atoms with Crippen LogP contribution in [0.2, 0.25) is 0 Å². The first-order valence-corrected chi connectivity index (χ1v) is 7.62. The minimum atomic E-state index is -0.495. The second-order valence-electron chi connectivity index (χ2n) is 5.41. The van der Waals surface area contributed by atoms with E-state index in [1.165, 1.54) is 7.11 Å². The van der Waals surface area contributed by atoms with Crippen LogP contribution in [0.25, 0.3) is 0 Å². The maximum absolute atomic E-state index is 11.9. The number of phenolic OH excluding ortho intramolecular Hbond substituents is 1. The van der Waals surface area contributed by atoms with E-state index in [4.69, 9.17) is 4.74 Å². The summed E-state index contributed by atoms with van der Waals surface area (Å²) in [6.07, 6.45) is 3.62. The quantitative estimate of drug-likeness (QED) is 0.816. The predicted octanol–water partition coefficient (Wildman–Crippen LogP) is 4.11. The van der Waals surface area contributed by atoms with Crippen molar-refractivity contribution < 1.29 is 14.6 Å². The van der Waals surface area contributed by atoms with Gasteiger partial charge in [0.1, 0.15) is 11.3 Å². The van der Waals surface area contributed by atoms with Crippen LogP contribution < -0.4 is 0 Å². The predicted molar refractivity (Wildman–Crippen MR) is 87.3 cm³/mol. The molecule has 2 aromatic rings. The van der Waals surface area contributed by atoms with Gasteiger partial charge in [0.25, 0.3) is 0 Å². The third kappa shape index (κ3) is 3.88. The zero-order valence-corrected chi connectivity index (χ0v) is 13.1. The molecule has 0 aromatic heterocycles. The molecule has 0 saturated carbocycles. The first-order valence-electron chi connectivity index (χ1n) is 7.62. The molecule has 0 aliphatic rings. The molecule has 0 unspecified atom stereocenters. The Bertz CT molecular complexity index is 633. The van der Waals surface area contributed by atoms with Gasteiger partial charge in [-0.1, -0.05) is 49.7 Å². The standard InChI is InChI=1S/C19H22O3/c1-3-4-8-15-12-16(11-14-9-6-5-7-10-14)18(20)17(13-15)19(21)22-2/h5-7,9-10,12-13,20H,3-4,8,11H2,1-2H3. The van der Waals surface area contributed by atoms with E-state index >= 15 is 0 Å². The Labute approximate surface area is 131 Å². The maximum Gasteiger partial charge on any atom is 0.341 e. The Hall–Kier alpha value is -2.29. The van der Waals surface area contributed by atoms with Crippen molar-refractivity contribution in [1.29, 1.82) is 0 Å². The fourth-order valence-corrected chi connectivity index (χ4v) is 2.50. The number of rotatable bonds is 6. The van der Waals surface area contributed by atoms with Crippen molar-refractivity contribution in [3.63, 3.8) is 0 Å². The molecule has 22 heavy (non-hydrogen) atoms. The van der Waals surface area contributed by atoms with Crippen LogP contribution in [0.1, 0.15) is 46.8 Å². The third-order valence-corrected chi connectivity index (χ3v) is 3.71. The molecule has 0 aliphatic carbocycles. The van der Waals surface area contributed by atoms with Crippen LogP contribution in [-0.2, 0) is 17.6 Å². The summed E-state index contributed by atoms with van der Waals surface area (Å²) in [4.78, 5) is 11.9. The highest BCUT2D eigenvalue weighted by Crippen LogP contribution is 2.28. The lowest BCUT2D eigenvalue weighted by Crippen LogP contribution is -2.05. The van der Waals surface area contributed by atoms with E-state index in [1.807, 2.05) is 36.4 Å². The molecule has 0 bridgehead atoms. The molecular formula is C19H22O3. The van der Waals surface area contributed by atoms with Gasteiger partial charge in [0.05, 0.1) is 7.11 Å². The summed E-state index contributed by atoms with van der Waals surface area (Å²) in [6.45, 7) is 2.13. The highest BCUT2D eigenvalue weighted by Gasteiger charge is 2.17. The van der Waals surface area contributed by atoms with Crippen molar-refractivity contribution in [3.05, 3.63) is 64.7 Å². The van der Waals surface area contributed by atoms with Crippen molar-refractivity contribution in [2.45, 2.75) is 32.6 Å². The van der Waals surface area contributed by atoms with Crippen molar-refractivity contribution in [3.8, 4) is 5.75 Å². The van der Waals surface area contributed by atoms with Gasteiger partial charge in [-0.2, -0.15) is 0 Å². The van der Waals surface area contributed by atoms with Gasteiger partial charge in [-0.15, -0.1) is 0 Å². The number of esters is 1. The summed E-state index contributed by atoms with van der Waals surface area (Å²) >= 11 is 0. The normalized spacial score (nSPS) is 10.5. The summed E-state index contributed by atoms with van der Waals surface area (Å²) in [5, 5.41) is 10.4. The highest BCUT2D eigenvalue weighted by atomic mass is 16.5. The number of carbonyl (C=O) groups is 1. The van der Waals surface area contributed by atoms with E-state index in [1.54, 1.807) is 6.07 Å². The molecule has 2 rings (SSSR count). The first-order chi connectivity index (χ1) is 10.7. The van der Waals surface area contributed by atoms with Gasteiger partial charge < -0.3 is 9.84 Å². The summed E-state index contributed by atoms with van der Waals surface area (Å²) in [7, 11) is 1.33. The Balaban J connectivity index is 2.39. The molecule has 0 fully saturated rings. The van der Waals surface area contributed by atoms with Gasteiger partial charge in [0.2, 0.25) is 0 Å². The average molecular weight is 298 g/mol. The highest BCUT2D eigenvalue weighted by molar-refractivity contribution is 5.93. The Morgan fingerprint density at radius 3 is 2.50 bits per heavy atom. The summed E-state index contributed by atoms with van der Waals surface area (Å²) in [5.41, 5.74) is 3.18. The van der Waals surface area contributed by atoms with Gasteiger partial charge in [-0.25, -0.2) is 4.79 Å². The van der Waals surface area contributed by atoms with Crippen LogP contribution in [0.5, 0.6) is 5.75 Å². The second kappa shape index (κ2) is 7.64. The van der Waals surface area contributed by atoms with Crippen molar-refractivity contribution in [1.82, 2.24) is 0 Å². The van der Waals surface area contributed by atoms with E-state index < -0.39 is 5.97 Å². The number of phenols is 1. The van der Waals surface area contributed by atoms with Crippen LogP contribution in [0.3, 0.4) is 0 Å². The van der Waals surface area contributed by atoms with Gasteiger partial charge >= 0.3 is 5.97 Å². The van der Waals surface area contributed by atoms with Gasteiger partial charge in [0, 0.05) is 6.42 Å². The molecule has 2 aromatic carbocycles. The molecule has 0 aliphatic heterocycles. The van der Waals surface area contributed by atoms with Crippen LogP contribution >= 0.6 is 0 Å². The summed E-state index contributed by atoms with van der Waals surface area (Å²) in [6, 6.07) is 13.6. The lowest BCUT2D eigenvalue weighted by molar-refractivity contribution is 0.0597. The summed E-state index contributed by atoms with van der Waals surface area (Å²) < 4.78 is 4.78. The topological polar surface area (TPSA) is 46.5 Å². The smallest absolute Gasteiger partial charge is 0.341 e. The molecule has 1 N–H and O–H groups in total. The average Bonchev–Trinajstić information content (AvgIpc) is 2.55. The largest absolute Gasteiger partial charge is 0.507 e.